The minimum atomic E-state index is -3.42. The number of aromatic nitrogens is 2. The van der Waals surface area contributed by atoms with Crippen LogP contribution in [0.1, 0.15) is 31.1 Å². The highest BCUT2D eigenvalue weighted by Crippen LogP contribution is 2.38. The second kappa shape index (κ2) is 9.86. The average Bonchev–Trinajstić information content (AvgIpc) is 3.20. The van der Waals surface area contributed by atoms with E-state index in [9.17, 15) is 17.6 Å². The van der Waals surface area contributed by atoms with Crippen molar-refractivity contribution in [3.8, 4) is 11.4 Å². The van der Waals surface area contributed by atoms with Crippen molar-refractivity contribution in [3.63, 3.8) is 0 Å². The van der Waals surface area contributed by atoms with E-state index < -0.39 is 38.9 Å². The number of anilines is 1. The maximum atomic E-state index is 15.3. The number of alkyl halides is 1. The second-order valence-electron chi connectivity index (χ2n) is 9.50. The van der Waals surface area contributed by atoms with Crippen LogP contribution in [0.2, 0.25) is 0 Å². The number of piperazine rings is 1. The summed E-state index contributed by atoms with van der Waals surface area (Å²) in [6.45, 7) is 4.34. The smallest absolute Gasteiger partial charge is 0.316 e. The molecule has 196 valence electrons. The van der Waals surface area contributed by atoms with Crippen molar-refractivity contribution < 1.29 is 21.9 Å². The molecule has 1 aliphatic heterocycles. The third kappa shape index (κ3) is 4.73. The zero-order valence-electron chi connectivity index (χ0n) is 20.5. The SMILES string of the molecule is CC(C)S(=O)(=O)N1CCN(c2cnn(-c3cccc(F)c3)c(=O)c2OC2Cc3ccccc3C2F)CC1. The van der Waals surface area contributed by atoms with Gasteiger partial charge in [0.2, 0.25) is 15.8 Å². The van der Waals surface area contributed by atoms with Crippen molar-refractivity contribution in [3.05, 3.63) is 82.0 Å². The molecular formula is C26H28F2N4O4S. The van der Waals surface area contributed by atoms with Crippen molar-refractivity contribution >= 4 is 15.7 Å². The third-order valence-corrected chi connectivity index (χ3v) is 9.15. The van der Waals surface area contributed by atoms with Crippen molar-refractivity contribution in [2.24, 2.45) is 0 Å². The largest absolute Gasteiger partial charge is 0.479 e. The number of fused-ring (bicyclic) bond motifs is 1. The zero-order valence-corrected chi connectivity index (χ0v) is 21.4. The number of halogens is 2. The number of sulfonamides is 1. The number of nitrogens with zero attached hydrogens (tertiary/aromatic N) is 4. The Labute approximate surface area is 214 Å². The summed E-state index contributed by atoms with van der Waals surface area (Å²) in [5.74, 6) is -0.629. The lowest BCUT2D eigenvalue weighted by Gasteiger charge is -2.36. The molecule has 11 heteroatoms. The summed E-state index contributed by atoms with van der Waals surface area (Å²) < 4.78 is 63.0. The monoisotopic (exact) mass is 530 g/mol. The standard InChI is InChI=1S/C26H28F2N4O4S/c1-17(2)37(34,35)31-12-10-30(11-13-31)22-16-29-32(20-8-5-7-19(27)15-20)26(33)25(22)36-23-14-18-6-3-4-9-21(18)24(23)28/h3-9,15-17,23-24H,10-14H2,1-2H3. The predicted molar refractivity (Wildman–Crippen MR) is 136 cm³/mol. The molecule has 1 aliphatic carbocycles. The maximum Gasteiger partial charge on any atom is 0.316 e. The fourth-order valence-electron chi connectivity index (χ4n) is 4.80. The Hall–Kier alpha value is -3.31. The minimum absolute atomic E-state index is 0.0973. The minimum Gasteiger partial charge on any atom is -0.479 e. The van der Waals surface area contributed by atoms with Crippen molar-refractivity contribution in [2.75, 3.05) is 31.1 Å². The Morgan fingerprint density at radius 2 is 1.78 bits per heavy atom. The first-order chi connectivity index (χ1) is 17.7. The molecule has 2 heterocycles. The second-order valence-corrected chi connectivity index (χ2v) is 12.0. The van der Waals surface area contributed by atoms with Crippen LogP contribution in [0, 0.1) is 5.82 Å². The van der Waals surface area contributed by atoms with E-state index >= 15 is 4.39 Å². The van der Waals surface area contributed by atoms with E-state index in [1.807, 2.05) is 17.0 Å². The molecule has 2 atom stereocenters. The summed E-state index contributed by atoms with van der Waals surface area (Å²) in [5, 5.41) is 3.70. The topological polar surface area (TPSA) is 84.7 Å². The highest BCUT2D eigenvalue weighted by atomic mass is 32.2. The molecular weight excluding hydrogens is 502 g/mol. The molecule has 1 aromatic heterocycles. The van der Waals surface area contributed by atoms with Gasteiger partial charge in [0.15, 0.2) is 6.17 Å². The van der Waals surface area contributed by atoms with Gasteiger partial charge in [0, 0.05) is 32.6 Å². The van der Waals surface area contributed by atoms with Gasteiger partial charge in [-0.1, -0.05) is 30.3 Å². The molecule has 1 fully saturated rings. The molecule has 8 nitrogen and oxygen atoms in total. The van der Waals surface area contributed by atoms with Gasteiger partial charge in [-0.05, 0) is 43.2 Å². The molecule has 0 bridgehead atoms. The molecule has 0 radical (unpaired) electrons. The van der Waals surface area contributed by atoms with Gasteiger partial charge in [0.05, 0.1) is 17.1 Å². The van der Waals surface area contributed by atoms with Gasteiger partial charge in [-0.15, -0.1) is 0 Å². The number of benzene rings is 2. The lowest BCUT2D eigenvalue weighted by molar-refractivity contribution is 0.113. The Balaban J connectivity index is 1.50. The molecule has 0 N–H and O–H groups in total. The summed E-state index contributed by atoms with van der Waals surface area (Å²) in [7, 11) is -3.42. The van der Waals surface area contributed by atoms with E-state index in [1.165, 1.54) is 28.7 Å². The molecule has 5 rings (SSSR count). The fraction of sp³-hybridized carbons (Fsp3) is 0.385. The molecule has 1 saturated heterocycles. The molecule has 0 spiro atoms. The Bertz CT molecular complexity index is 1470. The summed E-state index contributed by atoms with van der Waals surface area (Å²) >= 11 is 0. The molecule has 0 amide bonds. The third-order valence-electron chi connectivity index (χ3n) is 6.87. The van der Waals surface area contributed by atoms with Crippen LogP contribution in [0.5, 0.6) is 5.75 Å². The first-order valence-electron chi connectivity index (χ1n) is 12.2. The molecule has 2 unspecified atom stereocenters. The summed E-state index contributed by atoms with van der Waals surface area (Å²) in [6, 6.07) is 12.6. The highest BCUT2D eigenvalue weighted by Gasteiger charge is 2.37. The molecule has 2 aliphatic rings. The van der Waals surface area contributed by atoms with Crippen molar-refractivity contribution in [2.45, 2.75) is 37.8 Å². The van der Waals surface area contributed by atoms with Gasteiger partial charge in [0.1, 0.15) is 17.6 Å². The van der Waals surface area contributed by atoms with Gasteiger partial charge < -0.3 is 9.64 Å². The first kappa shape index (κ1) is 25.3. The van der Waals surface area contributed by atoms with Crippen molar-refractivity contribution in [1.82, 2.24) is 14.1 Å². The molecule has 3 aromatic rings. The summed E-state index contributed by atoms with van der Waals surface area (Å²) in [5.41, 5.74) is 1.25. The van der Waals surface area contributed by atoms with E-state index in [0.29, 0.717) is 30.8 Å². The number of rotatable bonds is 6. The van der Waals surface area contributed by atoms with Gasteiger partial charge in [-0.2, -0.15) is 14.1 Å². The molecule has 2 aromatic carbocycles. The maximum absolute atomic E-state index is 15.3. The van der Waals surface area contributed by atoms with Crippen LogP contribution in [0.15, 0.2) is 59.5 Å². The average molecular weight is 531 g/mol. The lowest BCUT2D eigenvalue weighted by Crippen LogP contribution is -2.50. The van der Waals surface area contributed by atoms with Gasteiger partial charge in [0.25, 0.3) is 0 Å². The van der Waals surface area contributed by atoms with Gasteiger partial charge >= 0.3 is 5.56 Å². The predicted octanol–water partition coefficient (Wildman–Crippen LogP) is 3.25. The van der Waals surface area contributed by atoms with Crippen molar-refractivity contribution in [1.29, 1.82) is 0 Å². The van der Waals surface area contributed by atoms with E-state index in [0.717, 1.165) is 10.2 Å². The van der Waals surface area contributed by atoms with Crippen LogP contribution in [0.4, 0.5) is 14.5 Å². The highest BCUT2D eigenvalue weighted by molar-refractivity contribution is 7.89. The van der Waals surface area contributed by atoms with Crippen LogP contribution in [0.3, 0.4) is 0 Å². The number of hydrogen-bond acceptors (Lipinski definition) is 6. The fourth-order valence-corrected chi connectivity index (χ4v) is 6.07. The summed E-state index contributed by atoms with van der Waals surface area (Å²) in [6.07, 6.45) is -0.621. The number of hydrogen-bond donors (Lipinski definition) is 0. The Kier molecular flexibility index (Phi) is 6.76. The lowest BCUT2D eigenvalue weighted by atomic mass is 10.1. The van der Waals surface area contributed by atoms with E-state index in [2.05, 4.69) is 5.10 Å². The van der Waals surface area contributed by atoms with Crippen LogP contribution in [-0.4, -0.2) is 60.0 Å². The number of ether oxygens (including phenoxy) is 1. The van der Waals surface area contributed by atoms with Crippen LogP contribution in [-0.2, 0) is 16.4 Å². The first-order valence-corrected chi connectivity index (χ1v) is 13.7. The normalized spacial score (nSPS) is 20.3. The van der Waals surface area contributed by atoms with Crippen LogP contribution >= 0.6 is 0 Å². The summed E-state index contributed by atoms with van der Waals surface area (Å²) in [4.78, 5) is 15.4. The van der Waals surface area contributed by atoms with E-state index in [-0.39, 0.29) is 24.5 Å². The van der Waals surface area contributed by atoms with E-state index in [4.69, 9.17) is 4.74 Å². The Morgan fingerprint density at radius 3 is 2.46 bits per heavy atom. The molecule has 0 saturated carbocycles. The Morgan fingerprint density at radius 1 is 1.05 bits per heavy atom. The van der Waals surface area contributed by atoms with Crippen LogP contribution in [0.25, 0.3) is 5.69 Å². The van der Waals surface area contributed by atoms with E-state index in [1.54, 1.807) is 32.0 Å². The van der Waals surface area contributed by atoms with Gasteiger partial charge in [-0.3, -0.25) is 4.79 Å². The zero-order chi connectivity index (χ0) is 26.3. The quantitative estimate of drug-likeness (QED) is 0.487. The van der Waals surface area contributed by atoms with Crippen LogP contribution < -0.4 is 15.2 Å². The molecule has 37 heavy (non-hydrogen) atoms. The van der Waals surface area contributed by atoms with Gasteiger partial charge in [-0.25, -0.2) is 17.2 Å².